The number of nitrogens with zero attached hydrogens (tertiary/aromatic N) is 2. The van der Waals surface area contributed by atoms with Crippen LogP contribution in [0.15, 0.2) is 12.4 Å². The van der Waals surface area contributed by atoms with Crippen molar-refractivity contribution in [2.75, 3.05) is 6.61 Å². The van der Waals surface area contributed by atoms with Crippen molar-refractivity contribution in [1.29, 1.82) is 0 Å². The lowest BCUT2D eigenvalue weighted by Gasteiger charge is -2.30. The molecule has 1 heterocycles. The van der Waals surface area contributed by atoms with Gasteiger partial charge in [-0.1, -0.05) is 0 Å². The molecule has 20 heavy (non-hydrogen) atoms. The lowest BCUT2D eigenvalue weighted by Crippen LogP contribution is -2.53. The number of esters is 1. The average Bonchev–Trinajstić information content (AvgIpc) is 2.96. The summed E-state index contributed by atoms with van der Waals surface area (Å²) in [5, 5.41) is 7.81. The molecule has 1 N–H and O–H groups in total. The topological polar surface area (TPSA) is 56.1 Å². The highest BCUT2D eigenvalue weighted by molar-refractivity contribution is 14.1. The molecule has 0 saturated heterocycles. The highest BCUT2D eigenvalue weighted by atomic mass is 127. The number of hydrogen-bond donors (Lipinski definition) is 1. The van der Waals surface area contributed by atoms with E-state index in [2.05, 4.69) is 46.9 Å². The Morgan fingerprint density at radius 1 is 1.70 bits per heavy atom. The maximum atomic E-state index is 12.4. The van der Waals surface area contributed by atoms with Gasteiger partial charge >= 0.3 is 5.97 Å². The van der Waals surface area contributed by atoms with Crippen LogP contribution in [0.5, 0.6) is 0 Å². The zero-order valence-corrected chi connectivity index (χ0v) is 14.4. The Bertz CT molecular complexity index is 475. The van der Waals surface area contributed by atoms with E-state index in [0.29, 0.717) is 6.61 Å². The van der Waals surface area contributed by atoms with Gasteiger partial charge in [0.15, 0.2) is 0 Å². The smallest absolute Gasteiger partial charge is 0.326 e. The molecule has 1 saturated carbocycles. The zero-order chi connectivity index (χ0) is 14.8. The van der Waals surface area contributed by atoms with E-state index in [-0.39, 0.29) is 18.1 Å². The molecule has 2 atom stereocenters. The minimum absolute atomic E-state index is 0.127. The molecular formula is C14H22IN3O2. The van der Waals surface area contributed by atoms with Crippen molar-refractivity contribution in [2.45, 2.75) is 57.7 Å². The molecule has 2 unspecified atom stereocenters. The molecule has 1 aromatic heterocycles. The maximum absolute atomic E-state index is 12.4. The van der Waals surface area contributed by atoms with Gasteiger partial charge in [-0.3, -0.25) is 14.8 Å². The predicted octanol–water partition coefficient (Wildman–Crippen LogP) is 2.51. The van der Waals surface area contributed by atoms with Crippen LogP contribution in [-0.4, -0.2) is 33.9 Å². The first-order valence-corrected chi connectivity index (χ1v) is 8.19. The molecule has 5 nitrogen and oxygen atoms in total. The van der Waals surface area contributed by atoms with Gasteiger partial charge in [-0.2, -0.15) is 5.10 Å². The van der Waals surface area contributed by atoms with E-state index in [9.17, 15) is 4.79 Å². The van der Waals surface area contributed by atoms with Gasteiger partial charge in [-0.25, -0.2) is 0 Å². The Labute approximate surface area is 133 Å². The van der Waals surface area contributed by atoms with Crippen LogP contribution in [-0.2, 0) is 9.53 Å². The second-order valence-electron chi connectivity index (χ2n) is 5.64. The Kier molecular flexibility index (Phi) is 5.06. The van der Waals surface area contributed by atoms with E-state index in [0.717, 1.165) is 22.8 Å². The molecule has 1 aromatic rings. The summed E-state index contributed by atoms with van der Waals surface area (Å²) in [5.74, 6) is -0.127. The maximum Gasteiger partial charge on any atom is 0.326 e. The van der Waals surface area contributed by atoms with Gasteiger partial charge in [0, 0.05) is 12.2 Å². The summed E-state index contributed by atoms with van der Waals surface area (Å²) in [6, 6.07) is 0.505. The fourth-order valence-electron chi connectivity index (χ4n) is 2.96. The normalized spacial score (nSPS) is 26.1. The summed E-state index contributed by atoms with van der Waals surface area (Å²) >= 11 is 2.25. The molecule has 0 spiro atoms. The molecule has 1 aliphatic carbocycles. The number of rotatable bonds is 5. The van der Waals surface area contributed by atoms with Crippen LogP contribution in [0.1, 0.15) is 46.1 Å². The molecule has 112 valence electrons. The molecule has 0 amide bonds. The quantitative estimate of drug-likeness (QED) is 0.619. The van der Waals surface area contributed by atoms with E-state index in [4.69, 9.17) is 4.74 Å². The Hall–Kier alpha value is -0.630. The monoisotopic (exact) mass is 391 g/mol. The van der Waals surface area contributed by atoms with Gasteiger partial charge in [-0.05, 0) is 62.6 Å². The first-order valence-electron chi connectivity index (χ1n) is 7.11. The van der Waals surface area contributed by atoms with Crippen molar-refractivity contribution in [3.8, 4) is 0 Å². The van der Waals surface area contributed by atoms with Crippen LogP contribution in [0.25, 0.3) is 0 Å². The Balaban J connectivity index is 2.16. The van der Waals surface area contributed by atoms with Crippen LogP contribution >= 0.6 is 22.6 Å². The number of hydrogen-bond acceptors (Lipinski definition) is 4. The van der Waals surface area contributed by atoms with Crippen LogP contribution in [0, 0.1) is 3.57 Å². The van der Waals surface area contributed by atoms with Gasteiger partial charge < -0.3 is 4.74 Å². The van der Waals surface area contributed by atoms with Crippen LogP contribution in [0.2, 0.25) is 0 Å². The number of nitrogens with one attached hydrogen (secondary N) is 1. The summed E-state index contributed by atoms with van der Waals surface area (Å²) in [5.41, 5.74) is -0.563. The largest absolute Gasteiger partial charge is 0.465 e. The van der Waals surface area contributed by atoms with Crippen LogP contribution in [0.3, 0.4) is 0 Å². The predicted molar refractivity (Wildman–Crippen MR) is 85.5 cm³/mol. The molecule has 0 radical (unpaired) electrons. The SMILES string of the molecule is CCOC(=O)C1(NC(C)C)CCC(n2cc(I)cn2)C1. The molecule has 1 aliphatic rings. The first kappa shape index (κ1) is 15.8. The third-order valence-corrected chi connectivity index (χ3v) is 4.22. The lowest BCUT2D eigenvalue weighted by atomic mass is 9.96. The van der Waals surface area contributed by atoms with Crippen molar-refractivity contribution in [3.05, 3.63) is 16.0 Å². The number of halogens is 1. The van der Waals surface area contributed by atoms with E-state index in [1.807, 2.05) is 24.0 Å². The van der Waals surface area contributed by atoms with Crippen molar-refractivity contribution < 1.29 is 9.53 Å². The first-order chi connectivity index (χ1) is 9.47. The standard InChI is InChI=1S/C14H22IN3O2/c1-4-20-13(19)14(17-10(2)3)6-5-12(7-14)18-9-11(15)8-16-18/h8-10,12,17H,4-7H2,1-3H3. The summed E-state index contributed by atoms with van der Waals surface area (Å²) < 4.78 is 8.38. The van der Waals surface area contributed by atoms with Crippen LogP contribution in [0.4, 0.5) is 0 Å². The van der Waals surface area contributed by atoms with Gasteiger partial charge in [0.1, 0.15) is 5.54 Å². The average molecular weight is 391 g/mol. The van der Waals surface area contributed by atoms with E-state index < -0.39 is 5.54 Å². The molecular weight excluding hydrogens is 369 g/mol. The number of carbonyl (C=O) groups excluding carboxylic acids is 1. The van der Waals surface area contributed by atoms with E-state index in [1.54, 1.807) is 0 Å². The van der Waals surface area contributed by atoms with Crippen molar-refractivity contribution in [2.24, 2.45) is 0 Å². The second-order valence-corrected chi connectivity index (χ2v) is 6.88. The molecule has 1 fully saturated rings. The summed E-state index contributed by atoms with van der Waals surface area (Å²) in [7, 11) is 0. The Morgan fingerprint density at radius 3 is 3.00 bits per heavy atom. The van der Waals surface area contributed by atoms with Gasteiger partial charge in [0.2, 0.25) is 0 Å². The third-order valence-electron chi connectivity index (χ3n) is 3.66. The van der Waals surface area contributed by atoms with Gasteiger partial charge in [0.25, 0.3) is 0 Å². The number of ether oxygens (including phenoxy) is 1. The number of aromatic nitrogens is 2. The fraction of sp³-hybridized carbons (Fsp3) is 0.714. The number of carbonyl (C=O) groups is 1. The summed E-state index contributed by atoms with van der Waals surface area (Å²) in [6.45, 7) is 6.39. The molecule has 0 aromatic carbocycles. The minimum atomic E-state index is -0.563. The lowest BCUT2D eigenvalue weighted by molar-refractivity contribution is -0.151. The summed E-state index contributed by atoms with van der Waals surface area (Å²) in [6.07, 6.45) is 6.35. The molecule has 0 aliphatic heterocycles. The second kappa shape index (κ2) is 6.43. The van der Waals surface area contributed by atoms with Gasteiger partial charge in [0.05, 0.1) is 22.4 Å². The highest BCUT2D eigenvalue weighted by Crippen LogP contribution is 2.39. The van der Waals surface area contributed by atoms with E-state index in [1.165, 1.54) is 0 Å². The Morgan fingerprint density at radius 2 is 2.45 bits per heavy atom. The highest BCUT2D eigenvalue weighted by Gasteiger charge is 2.47. The van der Waals surface area contributed by atoms with E-state index >= 15 is 0 Å². The zero-order valence-electron chi connectivity index (χ0n) is 12.2. The van der Waals surface area contributed by atoms with Crippen molar-refractivity contribution >= 4 is 28.6 Å². The molecule has 2 rings (SSSR count). The molecule has 6 heteroatoms. The van der Waals surface area contributed by atoms with Crippen LogP contribution < -0.4 is 5.32 Å². The van der Waals surface area contributed by atoms with Crippen molar-refractivity contribution in [3.63, 3.8) is 0 Å². The fourth-order valence-corrected chi connectivity index (χ4v) is 3.37. The minimum Gasteiger partial charge on any atom is -0.465 e. The third kappa shape index (κ3) is 3.33. The summed E-state index contributed by atoms with van der Waals surface area (Å²) in [4.78, 5) is 12.4. The van der Waals surface area contributed by atoms with Gasteiger partial charge in [-0.15, -0.1) is 0 Å². The molecule has 0 bridgehead atoms. The van der Waals surface area contributed by atoms with Crippen molar-refractivity contribution in [1.82, 2.24) is 15.1 Å².